The maximum atomic E-state index is 4.40. The van der Waals surface area contributed by atoms with Crippen molar-refractivity contribution in [3.05, 3.63) is 23.9 Å². The fraction of sp³-hybridized carbons (Fsp3) is 0.615. The van der Waals surface area contributed by atoms with E-state index in [0.717, 1.165) is 5.82 Å². The Morgan fingerprint density at radius 1 is 1.50 bits per heavy atom. The van der Waals surface area contributed by atoms with Crippen LogP contribution < -0.4 is 5.32 Å². The van der Waals surface area contributed by atoms with E-state index in [0.29, 0.717) is 12.1 Å². The van der Waals surface area contributed by atoms with Crippen molar-refractivity contribution in [2.75, 3.05) is 18.9 Å². The van der Waals surface area contributed by atoms with Gasteiger partial charge in [0.25, 0.3) is 0 Å². The Balaban J connectivity index is 2.28. The van der Waals surface area contributed by atoms with Crippen LogP contribution in [-0.2, 0) is 0 Å². The van der Waals surface area contributed by atoms with Gasteiger partial charge < -0.3 is 5.32 Å². The van der Waals surface area contributed by atoms with Gasteiger partial charge >= 0.3 is 0 Å². The van der Waals surface area contributed by atoms with E-state index in [1.54, 1.807) is 0 Å². The third kappa shape index (κ3) is 2.05. The van der Waals surface area contributed by atoms with Crippen LogP contribution in [0.3, 0.4) is 0 Å². The number of nitrogens with zero attached hydrogens (tertiary/aromatic N) is 2. The SMILES string of the molecule is CNc1ncccc1C1CCCN1C(C)C. The maximum absolute atomic E-state index is 4.40. The standard InChI is InChI=1S/C13H21N3/c1-10(2)16-9-5-7-12(16)11-6-4-8-15-13(11)14-3/h4,6,8,10,12H,5,7,9H2,1-3H3,(H,14,15). The average molecular weight is 219 g/mol. The fourth-order valence-corrected chi connectivity index (χ4v) is 2.64. The summed E-state index contributed by atoms with van der Waals surface area (Å²) in [4.78, 5) is 6.97. The Morgan fingerprint density at radius 2 is 2.31 bits per heavy atom. The zero-order valence-electron chi connectivity index (χ0n) is 10.4. The molecule has 0 radical (unpaired) electrons. The summed E-state index contributed by atoms with van der Waals surface area (Å²) in [5.74, 6) is 1.03. The molecule has 0 amide bonds. The molecular weight excluding hydrogens is 198 g/mol. The molecule has 2 rings (SSSR count). The number of hydrogen-bond donors (Lipinski definition) is 1. The Hall–Kier alpha value is -1.09. The van der Waals surface area contributed by atoms with Gasteiger partial charge in [-0.05, 0) is 39.3 Å². The van der Waals surface area contributed by atoms with Crippen LogP contribution >= 0.6 is 0 Å². The first-order valence-corrected chi connectivity index (χ1v) is 6.12. The Labute approximate surface area is 97.9 Å². The highest BCUT2D eigenvalue weighted by Crippen LogP contribution is 2.35. The molecule has 1 N–H and O–H groups in total. The van der Waals surface area contributed by atoms with Crippen LogP contribution in [0.1, 0.15) is 38.3 Å². The first-order valence-electron chi connectivity index (χ1n) is 6.12. The smallest absolute Gasteiger partial charge is 0.130 e. The Morgan fingerprint density at radius 3 is 3.00 bits per heavy atom. The number of likely N-dealkylation sites (tertiary alicyclic amines) is 1. The first-order chi connectivity index (χ1) is 7.74. The molecule has 1 aromatic rings. The van der Waals surface area contributed by atoms with Crippen molar-refractivity contribution in [3.63, 3.8) is 0 Å². The second-order valence-corrected chi connectivity index (χ2v) is 4.68. The Bertz CT molecular complexity index is 349. The molecule has 1 atom stereocenters. The molecule has 0 aliphatic carbocycles. The van der Waals surface area contributed by atoms with E-state index >= 15 is 0 Å². The van der Waals surface area contributed by atoms with E-state index in [4.69, 9.17) is 0 Å². The van der Waals surface area contributed by atoms with Gasteiger partial charge in [-0.15, -0.1) is 0 Å². The van der Waals surface area contributed by atoms with Gasteiger partial charge in [-0.1, -0.05) is 6.07 Å². The minimum Gasteiger partial charge on any atom is -0.373 e. The van der Waals surface area contributed by atoms with Gasteiger partial charge in [0.15, 0.2) is 0 Å². The summed E-state index contributed by atoms with van der Waals surface area (Å²) in [7, 11) is 1.94. The summed E-state index contributed by atoms with van der Waals surface area (Å²) in [6, 6.07) is 5.38. The summed E-state index contributed by atoms with van der Waals surface area (Å²) >= 11 is 0. The highest BCUT2D eigenvalue weighted by molar-refractivity contribution is 5.45. The van der Waals surface area contributed by atoms with Crippen molar-refractivity contribution in [2.24, 2.45) is 0 Å². The van der Waals surface area contributed by atoms with Gasteiger partial charge in [0.1, 0.15) is 5.82 Å². The second-order valence-electron chi connectivity index (χ2n) is 4.68. The van der Waals surface area contributed by atoms with E-state index in [1.807, 2.05) is 19.3 Å². The van der Waals surface area contributed by atoms with Crippen LogP contribution in [0.25, 0.3) is 0 Å². The number of aromatic nitrogens is 1. The van der Waals surface area contributed by atoms with Crippen molar-refractivity contribution in [2.45, 2.75) is 38.8 Å². The fourth-order valence-electron chi connectivity index (χ4n) is 2.64. The number of rotatable bonds is 3. The largest absolute Gasteiger partial charge is 0.373 e. The molecule has 1 saturated heterocycles. The van der Waals surface area contributed by atoms with Crippen LogP contribution in [0, 0.1) is 0 Å². The monoisotopic (exact) mass is 219 g/mol. The average Bonchev–Trinajstić information content (AvgIpc) is 2.77. The zero-order valence-corrected chi connectivity index (χ0v) is 10.4. The lowest BCUT2D eigenvalue weighted by Crippen LogP contribution is -2.30. The predicted octanol–water partition coefficient (Wildman–Crippen LogP) is 2.67. The van der Waals surface area contributed by atoms with Gasteiger partial charge in [-0.2, -0.15) is 0 Å². The molecule has 16 heavy (non-hydrogen) atoms. The molecule has 3 nitrogen and oxygen atoms in total. The molecule has 0 saturated carbocycles. The molecule has 1 unspecified atom stereocenters. The topological polar surface area (TPSA) is 28.2 Å². The van der Waals surface area contributed by atoms with Crippen molar-refractivity contribution < 1.29 is 0 Å². The van der Waals surface area contributed by atoms with E-state index in [-0.39, 0.29) is 0 Å². The van der Waals surface area contributed by atoms with Gasteiger partial charge in [0.05, 0.1) is 0 Å². The zero-order chi connectivity index (χ0) is 11.5. The Kier molecular flexibility index (Phi) is 3.44. The third-order valence-electron chi connectivity index (χ3n) is 3.39. The van der Waals surface area contributed by atoms with Gasteiger partial charge in [-0.3, -0.25) is 4.90 Å². The molecule has 2 heterocycles. The summed E-state index contributed by atoms with van der Waals surface area (Å²) in [6.07, 6.45) is 4.39. The number of anilines is 1. The van der Waals surface area contributed by atoms with E-state index in [9.17, 15) is 0 Å². The molecule has 0 aromatic carbocycles. The van der Waals surface area contributed by atoms with Gasteiger partial charge in [0, 0.05) is 30.9 Å². The molecule has 88 valence electrons. The quantitative estimate of drug-likeness (QED) is 0.847. The lowest BCUT2D eigenvalue weighted by atomic mass is 10.0. The number of hydrogen-bond acceptors (Lipinski definition) is 3. The van der Waals surface area contributed by atoms with Crippen LogP contribution in [0.15, 0.2) is 18.3 Å². The molecule has 3 heteroatoms. The molecule has 1 fully saturated rings. The third-order valence-corrected chi connectivity index (χ3v) is 3.39. The summed E-state index contributed by atoms with van der Waals surface area (Å²) in [5, 5.41) is 3.19. The van der Waals surface area contributed by atoms with Crippen LogP contribution in [0.4, 0.5) is 5.82 Å². The van der Waals surface area contributed by atoms with Crippen LogP contribution in [-0.4, -0.2) is 29.5 Å². The molecule has 0 spiro atoms. The van der Waals surface area contributed by atoms with Crippen molar-refractivity contribution in [1.29, 1.82) is 0 Å². The minimum absolute atomic E-state index is 0.538. The molecule has 0 bridgehead atoms. The van der Waals surface area contributed by atoms with E-state index in [2.05, 4.69) is 35.1 Å². The van der Waals surface area contributed by atoms with Crippen molar-refractivity contribution in [1.82, 2.24) is 9.88 Å². The lowest BCUT2D eigenvalue weighted by Gasteiger charge is -2.29. The first kappa shape index (κ1) is 11.4. The van der Waals surface area contributed by atoms with E-state index in [1.165, 1.54) is 24.9 Å². The van der Waals surface area contributed by atoms with E-state index < -0.39 is 0 Å². The molecule has 1 aromatic heterocycles. The molecule has 1 aliphatic heterocycles. The highest BCUT2D eigenvalue weighted by Gasteiger charge is 2.29. The van der Waals surface area contributed by atoms with Gasteiger partial charge in [-0.25, -0.2) is 4.98 Å². The van der Waals surface area contributed by atoms with Crippen LogP contribution in [0.2, 0.25) is 0 Å². The van der Waals surface area contributed by atoms with Crippen molar-refractivity contribution >= 4 is 5.82 Å². The van der Waals surface area contributed by atoms with Gasteiger partial charge in [0.2, 0.25) is 0 Å². The summed E-state index contributed by atoms with van der Waals surface area (Å²) in [5.41, 5.74) is 1.34. The number of pyridine rings is 1. The van der Waals surface area contributed by atoms with Crippen LogP contribution in [0.5, 0.6) is 0 Å². The minimum atomic E-state index is 0.538. The number of nitrogens with one attached hydrogen (secondary N) is 1. The molecular formula is C13H21N3. The summed E-state index contributed by atoms with van der Waals surface area (Å²) in [6.45, 7) is 5.75. The maximum Gasteiger partial charge on any atom is 0.130 e. The highest BCUT2D eigenvalue weighted by atomic mass is 15.2. The predicted molar refractivity (Wildman–Crippen MR) is 67.6 cm³/mol. The normalized spacial score (nSPS) is 21.6. The van der Waals surface area contributed by atoms with Crippen molar-refractivity contribution in [3.8, 4) is 0 Å². The molecule has 1 aliphatic rings. The lowest BCUT2D eigenvalue weighted by molar-refractivity contribution is 0.206. The second kappa shape index (κ2) is 4.83. The summed E-state index contributed by atoms with van der Waals surface area (Å²) < 4.78 is 0.